The van der Waals surface area contributed by atoms with Crippen LogP contribution in [0.1, 0.15) is 32.1 Å². The van der Waals surface area contributed by atoms with E-state index in [2.05, 4.69) is 11.9 Å². The Morgan fingerprint density at radius 3 is 2.53 bits per heavy atom. The van der Waals surface area contributed by atoms with Crippen LogP contribution in [0, 0.1) is 5.41 Å². The third kappa shape index (κ3) is 1.71. The van der Waals surface area contributed by atoms with E-state index in [1.54, 1.807) is 0 Å². The molecule has 3 nitrogen and oxygen atoms in total. The highest BCUT2D eigenvalue weighted by Crippen LogP contribution is 2.49. The minimum Gasteiger partial charge on any atom is -0.348 e. The molecular formula is C12H21NO2. The molecule has 2 aliphatic heterocycles. The Labute approximate surface area is 91.7 Å². The van der Waals surface area contributed by atoms with Gasteiger partial charge in [0.15, 0.2) is 5.79 Å². The lowest BCUT2D eigenvalue weighted by Gasteiger charge is -2.42. The number of hydrogen-bond donors (Lipinski definition) is 0. The summed E-state index contributed by atoms with van der Waals surface area (Å²) < 4.78 is 11.7. The lowest BCUT2D eigenvalue weighted by molar-refractivity contribution is -0.200. The van der Waals surface area contributed by atoms with Gasteiger partial charge >= 0.3 is 0 Å². The molecule has 2 spiro atoms. The maximum absolute atomic E-state index is 5.86. The minimum atomic E-state index is -0.191. The summed E-state index contributed by atoms with van der Waals surface area (Å²) in [7, 11) is 2.23. The van der Waals surface area contributed by atoms with E-state index in [1.807, 2.05) is 0 Å². The normalized spacial score (nSPS) is 40.6. The van der Waals surface area contributed by atoms with Gasteiger partial charge in [0.1, 0.15) is 0 Å². The van der Waals surface area contributed by atoms with Crippen LogP contribution in [0.25, 0.3) is 0 Å². The van der Waals surface area contributed by atoms with Crippen molar-refractivity contribution in [2.24, 2.45) is 5.41 Å². The monoisotopic (exact) mass is 211 g/mol. The third-order valence-corrected chi connectivity index (χ3v) is 4.35. The molecule has 15 heavy (non-hydrogen) atoms. The molecule has 3 fully saturated rings. The molecule has 2 heterocycles. The average molecular weight is 211 g/mol. The second-order valence-electron chi connectivity index (χ2n) is 5.63. The van der Waals surface area contributed by atoms with Gasteiger partial charge in [-0.15, -0.1) is 0 Å². The summed E-state index contributed by atoms with van der Waals surface area (Å²) in [5, 5.41) is 0. The Hall–Kier alpha value is -0.120. The van der Waals surface area contributed by atoms with Gasteiger partial charge in [-0.1, -0.05) is 0 Å². The second kappa shape index (κ2) is 3.44. The van der Waals surface area contributed by atoms with Crippen LogP contribution in [0.5, 0.6) is 0 Å². The van der Waals surface area contributed by atoms with Gasteiger partial charge in [0.05, 0.1) is 13.2 Å². The fraction of sp³-hybridized carbons (Fsp3) is 1.00. The largest absolute Gasteiger partial charge is 0.348 e. The summed E-state index contributed by atoms with van der Waals surface area (Å²) >= 11 is 0. The maximum atomic E-state index is 5.86. The topological polar surface area (TPSA) is 21.7 Å². The SMILES string of the molecule is CN1CCC2(CCCC3(C2)OCCO3)C1. The first-order chi connectivity index (χ1) is 7.22. The Morgan fingerprint density at radius 2 is 1.87 bits per heavy atom. The van der Waals surface area contributed by atoms with E-state index in [1.165, 1.54) is 32.4 Å². The van der Waals surface area contributed by atoms with Crippen LogP contribution >= 0.6 is 0 Å². The first-order valence-corrected chi connectivity index (χ1v) is 6.19. The Morgan fingerprint density at radius 1 is 1.07 bits per heavy atom. The number of ether oxygens (including phenoxy) is 2. The molecular weight excluding hydrogens is 190 g/mol. The molecule has 0 aromatic heterocycles. The summed E-state index contributed by atoms with van der Waals surface area (Å²) in [6.07, 6.45) is 6.21. The van der Waals surface area contributed by atoms with Gasteiger partial charge in [0.2, 0.25) is 0 Å². The van der Waals surface area contributed by atoms with Crippen molar-refractivity contribution in [3.63, 3.8) is 0 Å². The number of likely N-dealkylation sites (tertiary alicyclic amines) is 1. The van der Waals surface area contributed by atoms with Crippen LogP contribution in [-0.4, -0.2) is 44.0 Å². The van der Waals surface area contributed by atoms with Gasteiger partial charge in [-0.25, -0.2) is 0 Å². The van der Waals surface area contributed by atoms with Crippen molar-refractivity contribution in [2.45, 2.75) is 37.9 Å². The zero-order chi connectivity index (χ0) is 10.4. The highest BCUT2D eigenvalue weighted by atomic mass is 16.7. The van der Waals surface area contributed by atoms with Crippen molar-refractivity contribution < 1.29 is 9.47 Å². The van der Waals surface area contributed by atoms with Crippen LogP contribution in [0.4, 0.5) is 0 Å². The van der Waals surface area contributed by atoms with Crippen molar-refractivity contribution in [1.29, 1.82) is 0 Å². The van der Waals surface area contributed by atoms with E-state index < -0.39 is 0 Å². The summed E-state index contributed by atoms with van der Waals surface area (Å²) in [5.74, 6) is -0.191. The van der Waals surface area contributed by atoms with Gasteiger partial charge in [0.25, 0.3) is 0 Å². The lowest BCUT2D eigenvalue weighted by Crippen LogP contribution is -2.43. The predicted molar refractivity (Wildman–Crippen MR) is 57.7 cm³/mol. The first kappa shape index (κ1) is 10.1. The molecule has 86 valence electrons. The molecule has 0 amide bonds. The van der Waals surface area contributed by atoms with E-state index in [0.717, 1.165) is 26.1 Å². The van der Waals surface area contributed by atoms with Crippen molar-refractivity contribution in [3.05, 3.63) is 0 Å². The highest BCUT2D eigenvalue weighted by molar-refractivity contribution is 4.97. The van der Waals surface area contributed by atoms with Crippen molar-refractivity contribution in [3.8, 4) is 0 Å². The second-order valence-corrected chi connectivity index (χ2v) is 5.63. The number of nitrogens with zero attached hydrogens (tertiary/aromatic N) is 1. The summed E-state index contributed by atoms with van der Waals surface area (Å²) in [4.78, 5) is 2.45. The third-order valence-electron chi connectivity index (χ3n) is 4.35. The van der Waals surface area contributed by atoms with Crippen molar-refractivity contribution >= 4 is 0 Å². The molecule has 3 rings (SSSR count). The van der Waals surface area contributed by atoms with Gasteiger partial charge in [-0.2, -0.15) is 0 Å². The molecule has 0 aromatic rings. The average Bonchev–Trinajstić information content (AvgIpc) is 2.76. The molecule has 2 saturated heterocycles. The van der Waals surface area contributed by atoms with Gasteiger partial charge in [-0.3, -0.25) is 0 Å². The fourth-order valence-corrected chi connectivity index (χ4v) is 3.73. The molecule has 3 aliphatic rings. The lowest BCUT2D eigenvalue weighted by atomic mass is 9.71. The highest BCUT2D eigenvalue weighted by Gasteiger charge is 2.50. The van der Waals surface area contributed by atoms with Gasteiger partial charge in [-0.05, 0) is 38.3 Å². The zero-order valence-electron chi connectivity index (χ0n) is 9.63. The number of rotatable bonds is 0. The molecule has 0 N–H and O–H groups in total. The molecule has 1 aliphatic carbocycles. The predicted octanol–water partition coefficient (Wildman–Crippen LogP) is 1.63. The van der Waals surface area contributed by atoms with E-state index in [0.29, 0.717) is 5.41 Å². The van der Waals surface area contributed by atoms with Crippen molar-refractivity contribution in [1.82, 2.24) is 4.90 Å². The first-order valence-electron chi connectivity index (χ1n) is 6.19. The summed E-state index contributed by atoms with van der Waals surface area (Å²) in [5.41, 5.74) is 0.497. The smallest absolute Gasteiger partial charge is 0.169 e. The van der Waals surface area contributed by atoms with E-state index >= 15 is 0 Å². The molecule has 1 atom stereocenters. The van der Waals surface area contributed by atoms with Gasteiger partial charge < -0.3 is 14.4 Å². The summed E-state index contributed by atoms with van der Waals surface area (Å²) in [6, 6.07) is 0. The fourth-order valence-electron chi connectivity index (χ4n) is 3.73. The van der Waals surface area contributed by atoms with E-state index in [4.69, 9.17) is 9.47 Å². The molecule has 0 bridgehead atoms. The van der Waals surface area contributed by atoms with Crippen molar-refractivity contribution in [2.75, 3.05) is 33.4 Å². The van der Waals surface area contributed by atoms with Crippen LogP contribution in [0.3, 0.4) is 0 Å². The quantitative estimate of drug-likeness (QED) is 0.608. The Bertz CT molecular complexity index is 246. The number of hydrogen-bond acceptors (Lipinski definition) is 3. The van der Waals surface area contributed by atoms with Gasteiger partial charge in [0, 0.05) is 19.4 Å². The zero-order valence-corrected chi connectivity index (χ0v) is 9.63. The van der Waals surface area contributed by atoms with Crippen LogP contribution in [0.2, 0.25) is 0 Å². The molecule has 0 radical (unpaired) electrons. The Balaban J connectivity index is 1.76. The molecule has 3 heteroatoms. The van der Waals surface area contributed by atoms with E-state index in [9.17, 15) is 0 Å². The van der Waals surface area contributed by atoms with E-state index in [-0.39, 0.29) is 5.79 Å². The molecule has 1 saturated carbocycles. The summed E-state index contributed by atoms with van der Waals surface area (Å²) in [6.45, 7) is 4.08. The molecule has 1 unspecified atom stereocenters. The molecule has 0 aromatic carbocycles. The standard InChI is InChI=1S/C12H21NO2/c1-13-6-5-11(10-13)3-2-4-12(9-11)14-7-8-15-12/h2-10H2,1H3. The van der Waals surface area contributed by atoms with Crippen LogP contribution in [-0.2, 0) is 9.47 Å². The minimum absolute atomic E-state index is 0.191. The van der Waals surface area contributed by atoms with Crippen LogP contribution < -0.4 is 0 Å². The maximum Gasteiger partial charge on any atom is 0.169 e. The van der Waals surface area contributed by atoms with Crippen LogP contribution in [0.15, 0.2) is 0 Å². The Kier molecular flexibility index (Phi) is 2.31.